The number of benzene rings is 2. The lowest BCUT2D eigenvalue weighted by Crippen LogP contribution is -2.00. The molecule has 0 saturated heterocycles. The van der Waals surface area contributed by atoms with Gasteiger partial charge in [0, 0.05) is 6.54 Å². The molecule has 1 heterocycles. The molecule has 0 amide bonds. The van der Waals surface area contributed by atoms with Crippen molar-refractivity contribution in [3.8, 4) is 11.5 Å². The highest BCUT2D eigenvalue weighted by atomic mass is 35.5. The van der Waals surface area contributed by atoms with Crippen molar-refractivity contribution in [3.05, 3.63) is 40.9 Å². The molecule has 2 aromatic carbocycles. The second-order valence-corrected chi connectivity index (χ2v) is 5.17. The van der Waals surface area contributed by atoms with E-state index < -0.39 is 0 Å². The first-order chi connectivity index (χ1) is 9.65. The largest absolute Gasteiger partial charge is 0.504 e. The molecule has 5 nitrogen and oxygen atoms in total. The van der Waals surface area contributed by atoms with E-state index in [2.05, 4.69) is 14.1 Å². The number of phenolic OH excluding ortho intramolecular Hbond substituents is 2. The molecule has 0 bridgehead atoms. The van der Waals surface area contributed by atoms with E-state index in [9.17, 15) is 10.2 Å². The zero-order valence-corrected chi connectivity index (χ0v) is 11.7. The first-order valence-corrected chi connectivity index (χ1v) is 6.91. The Morgan fingerprint density at radius 3 is 2.75 bits per heavy atom. The summed E-state index contributed by atoms with van der Waals surface area (Å²) in [6, 6.07) is 8.24. The first kappa shape index (κ1) is 13.0. The summed E-state index contributed by atoms with van der Waals surface area (Å²) in [6.07, 6.45) is 0. The summed E-state index contributed by atoms with van der Waals surface area (Å²) >= 11 is 7.30. The molecule has 0 radical (unpaired) electrons. The maximum absolute atomic E-state index is 9.47. The number of halogens is 1. The van der Waals surface area contributed by atoms with Crippen molar-refractivity contribution in [2.24, 2.45) is 0 Å². The quantitative estimate of drug-likeness (QED) is 0.647. The number of nitrogens with zero attached hydrogens (tertiary/aromatic N) is 2. The van der Waals surface area contributed by atoms with E-state index in [1.807, 2.05) is 6.07 Å². The lowest BCUT2D eigenvalue weighted by molar-refractivity contribution is 0.403. The van der Waals surface area contributed by atoms with Gasteiger partial charge in [-0.15, -0.1) is 0 Å². The molecule has 7 heteroatoms. The Balaban J connectivity index is 1.88. The number of rotatable bonds is 3. The molecule has 0 aliphatic heterocycles. The lowest BCUT2D eigenvalue weighted by atomic mass is 10.2. The average molecular weight is 308 g/mol. The monoisotopic (exact) mass is 307 g/mol. The Labute approximate surface area is 123 Å². The second kappa shape index (κ2) is 5.15. The molecule has 0 atom stereocenters. The number of anilines is 1. The van der Waals surface area contributed by atoms with Gasteiger partial charge in [0.05, 0.1) is 22.4 Å². The number of aromatic hydroxyl groups is 2. The van der Waals surface area contributed by atoms with E-state index in [4.69, 9.17) is 11.6 Å². The fourth-order valence-corrected chi connectivity index (χ4v) is 2.63. The number of hydrogen-bond acceptors (Lipinski definition) is 6. The van der Waals surface area contributed by atoms with Gasteiger partial charge in [-0.3, -0.25) is 0 Å². The van der Waals surface area contributed by atoms with Gasteiger partial charge < -0.3 is 15.5 Å². The van der Waals surface area contributed by atoms with Gasteiger partial charge in [0.15, 0.2) is 11.5 Å². The Morgan fingerprint density at radius 1 is 1.10 bits per heavy atom. The maximum Gasteiger partial charge on any atom is 0.157 e. The molecule has 20 heavy (non-hydrogen) atoms. The summed E-state index contributed by atoms with van der Waals surface area (Å²) in [5, 5.41) is 22.5. The van der Waals surface area contributed by atoms with Crippen molar-refractivity contribution in [3.63, 3.8) is 0 Å². The summed E-state index contributed by atoms with van der Waals surface area (Å²) in [5.41, 5.74) is 3.04. The Bertz CT molecular complexity index is 775. The Morgan fingerprint density at radius 2 is 1.95 bits per heavy atom. The third-order valence-corrected chi connectivity index (χ3v) is 3.74. The number of hydrogen-bond donors (Lipinski definition) is 3. The summed E-state index contributed by atoms with van der Waals surface area (Å²) in [5.74, 6) is -0.290. The Kier molecular flexibility index (Phi) is 3.33. The standard InChI is InChI=1S/C13H10ClN3O2S/c14-8-2-3-9-13(17-20-16-9)12(8)15-6-7-1-4-10(18)11(19)5-7/h1-5,15,18-19H,6H2. The molecule has 3 aromatic rings. The molecule has 0 saturated carbocycles. The minimum Gasteiger partial charge on any atom is -0.504 e. The van der Waals surface area contributed by atoms with Crippen LogP contribution < -0.4 is 5.32 Å². The third-order valence-electron chi connectivity index (χ3n) is 2.89. The normalized spacial score (nSPS) is 10.8. The van der Waals surface area contributed by atoms with Crippen molar-refractivity contribution in [1.29, 1.82) is 0 Å². The van der Waals surface area contributed by atoms with Crippen molar-refractivity contribution in [2.75, 3.05) is 5.32 Å². The van der Waals surface area contributed by atoms with Crippen molar-refractivity contribution in [1.82, 2.24) is 8.75 Å². The van der Waals surface area contributed by atoms with Gasteiger partial charge in [-0.05, 0) is 29.8 Å². The van der Waals surface area contributed by atoms with Crippen molar-refractivity contribution >= 4 is 40.0 Å². The average Bonchev–Trinajstić information content (AvgIpc) is 2.90. The van der Waals surface area contributed by atoms with E-state index in [1.165, 1.54) is 12.1 Å². The highest BCUT2D eigenvalue weighted by Crippen LogP contribution is 2.31. The van der Waals surface area contributed by atoms with Crippen LogP contribution in [0, 0.1) is 0 Å². The van der Waals surface area contributed by atoms with Crippen LogP contribution in [-0.2, 0) is 6.54 Å². The van der Waals surface area contributed by atoms with E-state index in [0.717, 1.165) is 28.3 Å². The molecule has 0 aliphatic rings. The van der Waals surface area contributed by atoms with Crippen LogP contribution in [0.5, 0.6) is 11.5 Å². The summed E-state index contributed by atoms with van der Waals surface area (Å²) < 4.78 is 8.38. The molecule has 3 rings (SSSR count). The number of phenols is 2. The smallest absolute Gasteiger partial charge is 0.157 e. The van der Waals surface area contributed by atoms with E-state index >= 15 is 0 Å². The molecule has 0 fully saturated rings. The lowest BCUT2D eigenvalue weighted by Gasteiger charge is -2.09. The highest BCUT2D eigenvalue weighted by Gasteiger charge is 2.10. The fourth-order valence-electron chi connectivity index (χ4n) is 1.86. The van der Waals surface area contributed by atoms with Crippen LogP contribution in [0.15, 0.2) is 30.3 Å². The van der Waals surface area contributed by atoms with Crippen molar-refractivity contribution < 1.29 is 10.2 Å². The molecule has 1 aromatic heterocycles. The van der Waals surface area contributed by atoms with Gasteiger partial charge in [-0.1, -0.05) is 17.7 Å². The van der Waals surface area contributed by atoms with E-state index in [-0.39, 0.29) is 11.5 Å². The first-order valence-electron chi connectivity index (χ1n) is 5.80. The summed E-state index contributed by atoms with van der Waals surface area (Å²) in [6.45, 7) is 0.449. The predicted molar refractivity (Wildman–Crippen MR) is 79.5 cm³/mol. The van der Waals surface area contributed by atoms with Crippen molar-refractivity contribution in [2.45, 2.75) is 6.54 Å². The minimum absolute atomic E-state index is 0.141. The van der Waals surface area contributed by atoms with Gasteiger partial charge in [-0.2, -0.15) is 8.75 Å². The van der Waals surface area contributed by atoms with Gasteiger partial charge in [0.2, 0.25) is 0 Å². The SMILES string of the molecule is Oc1ccc(CNc2c(Cl)ccc3nsnc23)cc1O. The van der Waals surface area contributed by atoms with Gasteiger partial charge in [0.25, 0.3) is 0 Å². The predicted octanol–water partition coefficient (Wildman–Crippen LogP) is 3.37. The molecule has 0 unspecified atom stereocenters. The molecular weight excluding hydrogens is 298 g/mol. The molecule has 3 N–H and O–H groups in total. The van der Waals surface area contributed by atoms with Crippen LogP contribution in [0.2, 0.25) is 5.02 Å². The van der Waals surface area contributed by atoms with Crippen LogP contribution in [0.3, 0.4) is 0 Å². The zero-order valence-electron chi connectivity index (χ0n) is 10.2. The highest BCUT2D eigenvalue weighted by molar-refractivity contribution is 7.00. The summed E-state index contributed by atoms with van der Waals surface area (Å²) in [4.78, 5) is 0. The van der Waals surface area contributed by atoms with Gasteiger partial charge in [0.1, 0.15) is 11.0 Å². The topological polar surface area (TPSA) is 78.3 Å². The van der Waals surface area contributed by atoms with Gasteiger partial charge in [-0.25, -0.2) is 0 Å². The second-order valence-electron chi connectivity index (χ2n) is 4.23. The molecule has 102 valence electrons. The number of nitrogens with one attached hydrogen (secondary N) is 1. The van der Waals surface area contributed by atoms with Crippen LogP contribution in [0.25, 0.3) is 11.0 Å². The minimum atomic E-state index is -0.149. The van der Waals surface area contributed by atoms with E-state index in [0.29, 0.717) is 17.3 Å². The number of fused-ring (bicyclic) bond motifs is 1. The van der Waals surface area contributed by atoms with Crippen LogP contribution in [0.1, 0.15) is 5.56 Å². The Hall–Kier alpha value is -2.05. The van der Waals surface area contributed by atoms with Crippen LogP contribution >= 0.6 is 23.3 Å². The molecule has 0 aliphatic carbocycles. The summed E-state index contributed by atoms with van der Waals surface area (Å²) in [7, 11) is 0. The molecule has 0 spiro atoms. The third kappa shape index (κ3) is 2.35. The zero-order chi connectivity index (χ0) is 14.1. The maximum atomic E-state index is 9.47. The van der Waals surface area contributed by atoms with Crippen LogP contribution in [0.4, 0.5) is 5.69 Å². The number of aromatic nitrogens is 2. The van der Waals surface area contributed by atoms with Crippen LogP contribution in [-0.4, -0.2) is 19.0 Å². The van der Waals surface area contributed by atoms with Gasteiger partial charge >= 0.3 is 0 Å². The van der Waals surface area contributed by atoms with E-state index in [1.54, 1.807) is 12.1 Å². The fraction of sp³-hybridized carbons (Fsp3) is 0.0769. The molecular formula is C13H10ClN3O2S.